The smallest absolute Gasteiger partial charge is 0.169 e. The van der Waals surface area contributed by atoms with Crippen LogP contribution in [0.1, 0.15) is 12.0 Å². The zero-order valence-electron chi connectivity index (χ0n) is 7.78. The number of halogens is 1. The van der Waals surface area contributed by atoms with Crippen LogP contribution in [0.25, 0.3) is 0 Å². The molecule has 1 aromatic rings. The second kappa shape index (κ2) is 3.58. The number of thioether (sulfide) groups is 1. The van der Waals surface area contributed by atoms with Gasteiger partial charge in [0.15, 0.2) is 4.67 Å². The highest BCUT2D eigenvalue weighted by molar-refractivity contribution is 9.10. The topological polar surface area (TPSA) is 16.4 Å². The minimum absolute atomic E-state index is 0.818. The van der Waals surface area contributed by atoms with Gasteiger partial charge in [0.25, 0.3) is 0 Å². The summed E-state index contributed by atoms with van der Waals surface area (Å²) in [5, 5.41) is 0.898. The van der Waals surface area contributed by atoms with Crippen LogP contribution in [0, 0.1) is 0 Å². The van der Waals surface area contributed by atoms with Gasteiger partial charge in [-0.15, -0.1) is 0 Å². The van der Waals surface area contributed by atoms with Crippen molar-refractivity contribution in [2.75, 3.05) is 12.3 Å². The molecule has 3 heterocycles. The fourth-order valence-electron chi connectivity index (χ4n) is 2.34. The molecule has 1 aromatic heterocycles. The second-order valence-electron chi connectivity index (χ2n) is 4.03. The van der Waals surface area contributed by atoms with E-state index in [0.29, 0.717) is 0 Å². The van der Waals surface area contributed by atoms with Crippen molar-refractivity contribution >= 4 is 27.7 Å². The van der Waals surface area contributed by atoms with E-state index in [1.165, 1.54) is 24.3 Å². The van der Waals surface area contributed by atoms with E-state index in [2.05, 4.69) is 38.7 Å². The molecule has 0 radical (unpaired) electrons. The number of likely N-dealkylation sites (tertiary alicyclic amines) is 1. The Balaban J connectivity index is 1.68. The van der Waals surface area contributed by atoms with Gasteiger partial charge in [0.1, 0.15) is 0 Å². The van der Waals surface area contributed by atoms with E-state index in [1.807, 2.05) is 6.26 Å². The maximum absolute atomic E-state index is 5.24. The zero-order chi connectivity index (χ0) is 9.54. The van der Waals surface area contributed by atoms with Crippen LogP contribution in [-0.2, 0) is 6.54 Å². The summed E-state index contributed by atoms with van der Waals surface area (Å²) in [6.07, 6.45) is 3.24. The van der Waals surface area contributed by atoms with E-state index in [0.717, 1.165) is 22.5 Å². The molecule has 2 aliphatic heterocycles. The Hall–Kier alpha value is 0.0700. The molecule has 76 valence electrons. The third-order valence-electron chi connectivity index (χ3n) is 3.02. The molecule has 2 saturated heterocycles. The Labute approximate surface area is 96.2 Å². The lowest BCUT2D eigenvalue weighted by Crippen LogP contribution is -2.33. The summed E-state index contributed by atoms with van der Waals surface area (Å²) in [4.78, 5) is 2.58. The van der Waals surface area contributed by atoms with Crippen molar-refractivity contribution in [2.24, 2.45) is 0 Å². The first kappa shape index (κ1) is 9.31. The summed E-state index contributed by atoms with van der Waals surface area (Å²) in [5.41, 5.74) is 1.29. The molecule has 3 rings (SSSR count). The van der Waals surface area contributed by atoms with Gasteiger partial charge in [-0.2, -0.15) is 11.8 Å². The second-order valence-corrected chi connectivity index (χ2v) is 6.15. The lowest BCUT2D eigenvalue weighted by molar-refractivity contribution is 0.260. The van der Waals surface area contributed by atoms with Crippen LogP contribution in [0.2, 0.25) is 0 Å². The SMILES string of the molecule is Brc1cc(CN2CC3CC2CS3)co1. The van der Waals surface area contributed by atoms with Gasteiger partial charge in [0.2, 0.25) is 0 Å². The van der Waals surface area contributed by atoms with Crippen molar-refractivity contribution in [3.63, 3.8) is 0 Å². The van der Waals surface area contributed by atoms with Crippen LogP contribution in [0.4, 0.5) is 0 Å². The maximum Gasteiger partial charge on any atom is 0.169 e. The van der Waals surface area contributed by atoms with E-state index in [1.54, 1.807) is 0 Å². The van der Waals surface area contributed by atoms with Crippen molar-refractivity contribution in [1.29, 1.82) is 0 Å². The van der Waals surface area contributed by atoms with Gasteiger partial charge in [-0.25, -0.2) is 0 Å². The quantitative estimate of drug-likeness (QED) is 0.825. The van der Waals surface area contributed by atoms with E-state index < -0.39 is 0 Å². The summed E-state index contributed by atoms with van der Waals surface area (Å²) in [7, 11) is 0. The molecule has 0 N–H and O–H groups in total. The van der Waals surface area contributed by atoms with Crippen molar-refractivity contribution in [1.82, 2.24) is 4.90 Å². The van der Waals surface area contributed by atoms with Gasteiger partial charge in [-0.05, 0) is 28.4 Å². The molecule has 0 aromatic carbocycles. The van der Waals surface area contributed by atoms with Gasteiger partial charge in [-0.3, -0.25) is 4.90 Å². The molecule has 2 nitrogen and oxygen atoms in total. The first-order chi connectivity index (χ1) is 6.81. The molecule has 2 unspecified atom stereocenters. The number of rotatable bonds is 2. The summed E-state index contributed by atoms with van der Waals surface area (Å²) in [6.45, 7) is 2.31. The first-order valence-electron chi connectivity index (χ1n) is 4.90. The standard InChI is InChI=1S/C10H12BrNOS/c11-10-1-7(5-13-10)3-12-4-9-2-8(12)6-14-9/h1,5,8-9H,2-4,6H2. The molecule has 14 heavy (non-hydrogen) atoms. The molecule has 0 aliphatic carbocycles. The fourth-order valence-corrected chi connectivity index (χ4v) is 4.22. The number of hydrogen-bond donors (Lipinski definition) is 0. The van der Waals surface area contributed by atoms with Crippen LogP contribution >= 0.6 is 27.7 Å². The minimum Gasteiger partial charge on any atom is -0.457 e. The molecule has 2 fully saturated rings. The third kappa shape index (κ3) is 1.64. The Kier molecular flexibility index (Phi) is 2.38. The normalized spacial score (nSPS) is 31.5. The van der Waals surface area contributed by atoms with Gasteiger partial charge in [-0.1, -0.05) is 0 Å². The highest BCUT2D eigenvalue weighted by Crippen LogP contribution is 2.38. The predicted molar refractivity (Wildman–Crippen MR) is 61.5 cm³/mol. The Morgan fingerprint density at radius 1 is 1.64 bits per heavy atom. The number of hydrogen-bond acceptors (Lipinski definition) is 3. The molecule has 4 heteroatoms. The van der Waals surface area contributed by atoms with Gasteiger partial charge >= 0.3 is 0 Å². The van der Waals surface area contributed by atoms with Crippen molar-refractivity contribution in [3.05, 3.63) is 22.6 Å². The molecule has 2 aliphatic rings. The average molecular weight is 274 g/mol. The summed E-state index contributed by atoms with van der Waals surface area (Å²) >= 11 is 5.47. The Morgan fingerprint density at radius 3 is 3.14 bits per heavy atom. The van der Waals surface area contributed by atoms with Crippen molar-refractivity contribution in [3.8, 4) is 0 Å². The van der Waals surface area contributed by atoms with E-state index >= 15 is 0 Å². The summed E-state index contributed by atoms with van der Waals surface area (Å²) in [5.74, 6) is 1.32. The lowest BCUT2D eigenvalue weighted by atomic mass is 10.2. The van der Waals surface area contributed by atoms with Crippen LogP contribution in [0.5, 0.6) is 0 Å². The van der Waals surface area contributed by atoms with Gasteiger partial charge in [0, 0.05) is 35.7 Å². The molecule has 2 atom stereocenters. The molecular formula is C10H12BrNOS. The van der Waals surface area contributed by atoms with Crippen LogP contribution in [0.3, 0.4) is 0 Å². The van der Waals surface area contributed by atoms with Crippen LogP contribution in [0.15, 0.2) is 21.4 Å². The molecule has 0 saturated carbocycles. The molecular weight excluding hydrogens is 262 g/mol. The van der Waals surface area contributed by atoms with E-state index in [4.69, 9.17) is 4.42 Å². The van der Waals surface area contributed by atoms with E-state index in [9.17, 15) is 0 Å². The molecule has 0 spiro atoms. The van der Waals surface area contributed by atoms with E-state index in [-0.39, 0.29) is 0 Å². The van der Waals surface area contributed by atoms with Crippen LogP contribution < -0.4 is 0 Å². The summed E-state index contributed by atoms with van der Waals surface area (Å²) in [6, 6.07) is 2.89. The highest BCUT2D eigenvalue weighted by Gasteiger charge is 2.38. The minimum atomic E-state index is 0.818. The maximum atomic E-state index is 5.24. The van der Waals surface area contributed by atoms with Crippen LogP contribution in [-0.4, -0.2) is 28.5 Å². The van der Waals surface area contributed by atoms with Gasteiger partial charge in [0.05, 0.1) is 6.26 Å². The first-order valence-corrected chi connectivity index (χ1v) is 6.74. The highest BCUT2D eigenvalue weighted by atomic mass is 79.9. The lowest BCUT2D eigenvalue weighted by Gasteiger charge is -2.25. The number of furan rings is 1. The largest absolute Gasteiger partial charge is 0.457 e. The van der Waals surface area contributed by atoms with Crippen molar-refractivity contribution in [2.45, 2.75) is 24.3 Å². The average Bonchev–Trinajstić information content (AvgIpc) is 2.82. The fraction of sp³-hybridized carbons (Fsp3) is 0.600. The number of nitrogens with zero attached hydrogens (tertiary/aromatic N) is 1. The van der Waals surface area contributed by atoms with Crippen molar-refractivity contribution < 1.29 is 4.42 Å². The Bertz CT molecular complexity index is 341. The predicted octanol–water partition coefficient (Wildman–Crippen LogP) is 2.73. The molecule has 0 amide bonds. The third-order valence-corrected chi connectivity index (χ3v) is 4.83. The Morgan fingerprint density at radius 2 is 2.57 bits per heavy atom. The zero-order valence-corrected chi connectivity index (χ0v) is 10.2. The molecule has 2 bridgehead atoms. The summed E-state index contributed by atoms with van der Waals surface area (Å²) < 4.78 is 6.08. The number of fused-ring (bicyclic) bond motifs is 2. The van der Waals surface area contributed by atoms with Gasteiger partial charge < -0.3 is 4.42 Å². The monoisotopic (exact) mass is 273 g/mol.